The van der Waals surface area contributed by atoms with E-state index in [9.17, 15) is 4.79 Å². The summed E-state index contributed by atoms with van der Waals surface area (Å²) in [5, 5.41) is 20.5. The number of likely N-dealkylation sites (tertiary alicyclic amines) is 1. The Kier molecular flexibility index (Phi) is 6.45. The van der Waals surface area contributed by atoms with E-state index in [4.69, 9.17) is 15.3 Å². The van der Waals surface area contributed by atoms with Gasteiger partial charge in [0.1, 0.15) is 5.60 Å². The van der Waals surface area contributed by atoms with Gasteiger partial charge in [0, 0.05) is 32.1 Å². The smallest absolute Gasteiger partial charge is 0.407 e. The van der Waals surface area contributed by atoms with E-state index in [0.29, 0.717) is 19.4 Å². The summed E-state index contributed by atoms with van der Waals surface area (Å²) in [6.45, 7) is 7.74. The molecule has 0 radical (unpaired) electrons. The second kappa shape index (κ2) is 7.85. The van der Waals surface area contributed by atoms with Crippen molar-refractivity contribution in [2.45, 2.75) is 51.7 Å². The Balaban J connectivity index is 2.34. The third-order valence-electron chi connectivity index (χ3n) is 3.26. The number of amides is 1. The van der Waals surface area contributed by atoms with Crippen LogP contribution in [0.4, 0.5) is 4.79 Å². The van der Waals surface area contributed by atoms with E-state index in [1.807, 2.05) is 20.8 Å². The highest BCUT2D eigenvalue weighted by molar-refractivity contribution is 5.68. The van der Waals surface area contributed by atoms with Crippen molar-refractivity contribution in [2.75, 3.05) is 19.6 Å². The number of alkyl carbamates (subject to hydrolysis) is 1. The highest BCUT2D eigenvalue weighted by Crippen LogP contribution is 2.15. The van der Waals surface area contributed by atoms with Crippen LogP contribution < -0.4 is 5.32 Å². The van der Waals surface area contributed by atoms with E-state index < -0.39 is 11.7 Å². The van der Waals surface area contributed by atoms with Gasteiger partial charge in [-0.15, -0.1) is 0 Å². The molecule has 1 saturated heterocycles. The lowest BCUT2D eigenvalue weighted by molar-refractivity contribution is 0.0505. The van der Waals surface area contributed by atoms with Gasteiger partial charge >= 0.3 is 6.09 Å². The van der Waals surface area contributed by atoms with Crippen molar-refractivity contribution in [1.82, 2.24) is 10.2 Å². The van der Waals surface area contributed by atoms with Crippen molar-refractivity contribution in [3.05, 3.63) is 0 Å². The summed E-state index contributed by atoms with van der Waals surface area (Å²) in [6, 6.07) is 4.38. The van der Waals surface area contributed by atoms with Crippen LogP contribution >= 0.6 is 0 Å². The number of nitriles is 2. The van der Waals surface area contributed by atoms with Crippen molar-refractivity contribution < 1.29 is 9.53 Å². The summed E-state index contributed by atoms with van der Waals surface area (Å²) < 4.78 is 5.23. The average molecular weight is 292 g/mol. The zero-order chi connectivity index (χ0) is 15.9. The molecule has 0 bridgehead atoms. The van der Waals surface area contributed by atoms with Crippen LogP contribution in [0.25, 0.3) is 0 Å². The summed E-state index contributed by atoms with van der Waals surface area (Å²) in [5.41, 5.74) is -0.494. The Hall–Kier alpha value is -1.79. The molecule has 0 unspecified atom stereocenters. The Morgan fingerprint density at radius 1 is 1.48 bits per heavy atom. The first kappa shape index (κ1) is 17.3. The van der Waals surface area contributed by atoms with Crippen LogP contribution in [0.15, 0.2) is 0 Å². The minimum absolute atomic E-state index is 0.0650. The highest BCUT2D eigenvalue weighted by atomic mass is 16.6. The fraction of sp³-hybridized carbons (Fsp3) is 0.800. The first-order valence-corrected chi connectivity index (χ1v) is 7.32. The van der Waals surface area contributed by atoms with Gasteiger partial charge in [0.2, 0.25) is 0 Å². The van der Waals surface area contributed by atoms with Crippen LogP contribution in [-0.4, -0.2) is 42.3 Å². The molecule has 0 aromatic rings. The second-order valence-electron chi connectivity index (χ2n) is 6.41. The Labute approximate surface area is 126 Å². The van der Waals surface area contributed by atoms with E-state index in [1.54, 1.807) is 0 Å². The predicted molar refractivity (Wildman–Crippen MR) is 78.2 cm³/mol. The zero-order valence-corrected chi connectivity index (χ0v) is 13.1. The van der Waals surface area contributed by atoms with E-state index in [2.05, 4.69) is 22.4 Å². The number of hydrogen-bond acceptors (Lipinski definition) is 5. The number of carbonyl (C=O) groups is 1. The molecular weight excluding hydrogens is 268 g/mol. The fourth-order valence-electron chi connectivity index (χ4n) is 2.34. The van der Waals surface area contributed by atoms with E-state index >= 15 is 0 Å². The predicted octanol–water partition coefficient (Wildman–Crippen LogP) is 2.03. The molecule has 0 spiro atoms. The Morgan fingerprint density at radius 3 is 2.76 bits per heavy atom. The van der Waals surface area contributed by atoms with E-state index in [-0.39, 0.29) is 12.0 Å². The number of carbonyl (C=O) groups excluding carboxylic acids is 1. The first-order valence-electron chi connectivity index (χ1n) is 7.32. The molecule has 1 N–H and O–H groups in total. The molecule has 2 atom stereocenters. The molecule has 6 heteroatoms. The maximum atomic E-state index is 11.7. The van der Waals surface area contributed by atoms with Gasteiger partial charge in [-0.1, -0.05) is 0 Å². The lowest BCUT2D eigenvalue weighted by Crippen LogP contribution is -2.41. The molecule has 0 aromatic heterocycles. The normalized spacial score (nSPS) is 20.3. The number of hydrogen-bond donors (Lipinski definition) is 1. The Morgan fingerprint density at radius 2 is 2.19 bits per heavy atom. The molecular formula is C15H24N4O2. The molecule has 1 amide bonds. The summed E-state index contributed by atoms with van der Waals surface area (Å²) in [7, 11) is 0. The second-order valence-corrected chi connectivity index (χ2v) is 6.41. The molecule has 1 heterocycles. The lowest BCUT2D eigenvalue weighted by Gasteiger charge is -2.22. The molecule has 0 aliphatic carbocycles. The summed E-state index contributed by atoms with van der Waals surface area (Å²) >= 11 is 0. The third-order valence-corrected chi connectivity index (χ3v) is 3.26. The lowest BCUT2D eigenvalue weighted by atomic mass is 10.1. The maximum Gasteiger partial charge on any atom is 0.407 e. The van der Waals surface area contributed by atoms with Crippen molar-refractivity contribution in [1.29, 1.82) is 10.5 Å². The zero-order valence-electron chi connectivity index (χ0n) is 13.1. The third kappa shape index (κ3) is 6.97. The molecule has 21 heavy (non-hydrogen) atoms. The minimum atomic E-state index is -0.494. The van der Waals surface area contributed by atoms with Crippen molar-refractivity contribution >= 4 is 6.09 Å². The van der Waals surface area contributed by atoms with Gasteiger partial charge in [-0.3, -0.25) is 4.90 Å². The average Bonchev–Trinajstić information content (AvgIpc) is 2.79. The molecule has 0 saturated carbocycles. The maximum absolute atomic E-state index is 11.7. The molecule has 116 valence electrons. The van der Waals surface area contributed by atoms with Crippen LogP contribution in [0, 0.1) is 28.6 Å². The fourth-order valence-corrected chi connectivity index (χ4v) is 2.34. The van der Waals surface area contributed by atoms with Crippen LogP contribution in [0.3, 0.4) is 0 Å². The van der Waals surface area contributed by atoms with Crippen LogP contribution in [0.1, 0.15) is 40.0 Å². The van der Waals surface area contributed by atoms with Crippen molar-refractivity contribution in [3.63, 3.8) is 0 Å². The van der Waals surface area contributed by atoms with E-state index in [0.717, 1.165) is 19.5 Å². The summed E-state index contributed by atoms with van der Waals surface area (Å²) in [4.78, 5) is 13.9. The van der Waals surface area contributed by atoms with E-state index in [1.165, 1.54) is 0 Å². The molecule has 1 aliphatic heterocycles. The first-order chi connectivity index (χ1) is 9.84. The van der Waals surface area contributed by atoms with Gasteiger partial charge in [0.25, 0.3) is 0 Å². The molecule has 1 fully saturated rings. The number of nitrogens with one attached hydrogen (secondary N) is 1. The van der Waals surface area contributed by atoms with Gasteiger partial charge in [0.15, 0.2) is 0 Å². The molecule has 1 aliphatic rings. The molecule has 6 nitrogen and oxygen atoms in total. The number of nitrogens with zero attached hydrogens (tertiary/aromatic N) is 3. The summed E-state index contributed by atoms with van der Waals surface area (Å²) in [5.74, 6) is -0.120. The van der Waals surface area contributed by atoms with Crippen molar-refractivity contribution in [2.24, 2.45) is 5.92 Å². The van der Waals surface area contributed by atoms with Crippen LogP contribution in [0.5, 0.6) is 0 Å². The SMILES string of the molecule is CC(C)(C)OC(=O)N[C@@H]1CCN(C[C@H](C#N)CCC#N)C1. The van der Waals surface area contributed by atoms with Crippen molar-refractivity contribution in [3.8, 4) is 12.1 Å². The number of ether oxygens (including phenoxy) is 1. The van der Waals surface area contributed by atoms with Gasteiger partial charge < -0.3 is 10.1 Å². The Bertz CT molecular complexity index is 430. The van der Waals surface area contributed by atoms with Gasteiger partial charge in [-0.25, -0.2) is 4.79 Å². The van der Waals surface area contributed by atoms with Crippen LogP contribution in [0.2, 0.25) is 0 Å². The number of rotatable bonds is 5. The van der Waals surface area contributed by atoms with Gasteiger partial charge in [-0.2, -0.15) is 10.5 Å². The van der Waals surface area contributed by atoms with Gasteiger partial charge in [0.05, 0.1) is 18.1 Å². The largest absolute Gasteiger partial charge is 0.444 e. The van der Waals surface area contributed by atoms with Gasteiger partial charge in [-0.05, 0) is 33.6 Å². The standard InChI is InChI=1S/C15H24N4O2/c1-15(2,3)21-14(20)18-13-6-8-19(11-13)10-12(9-17)5-4-7-16/h12-13H,4-6,8,10-11H2,1-3H3,(H,18,20)/t12-,13+/m0/s1. The minimum Gasteiger partial charge on any atom is -0.444 e. The topological polar surface area (TPSA) is 89.2 Å². The van der Waals surface area contributed by atoms with Crippen LogP contribution in [-0.2, 0) is 4.74 Å². The quantitative estimate of drug-likeness (QED) is 0.837. The summed E-state index contributed by atoms with van der Waals surface area (Å²) in [6.07, 6.45) is 1.48. The molecule has 0 aromatic carbocycles. The highest BCUT2D eigenvalue weighted by Gasteiger charge is 2.27. The monoisotopic (exact) mass is 292 g/mol. The molecule has 1 rings (SSSR count).